The second kappa shape index (κ2) is 8.04. The van der Waals surface area contributed by atoms with E-state index in [0.717, 1.165) is 29.7 Å². The molecule has 1 aromatic carbocycles. The number of nitrogens with zero attached hydrogens (tertiary/aromatic N) is 1. The highest BCUT2D eigenvalue weighted by atomic mass is 32.2. The molecule has 2 saturated carbocycles. The molecule has 166 valence electrons. The van der Waals surface area contributed by atoms with Crippen LogP contribution in [-0.4, -0.2) is 28.3 Å². The summed E-state index contributed by atoms with van der Waals surface area (Å²) in [5, 5.41) is 9.44. The number of hydrogen-bond acceptors (Lipinski definition) is 6. The standard InChI is InChI=1S/C22H32N2O5S/c1-4-22-9-6-5-7-18(22)16-11-19(24-28-3)17-13-21(29-30(23,25)26)20(27-2)12-15(17)14(16)8-10-22/h12-14,16,18H,4-11H2,1-3H3,(H2,23,25,26)/b24-19+/t14-,16-,18+,22+/m1/s1. The van der Waals surface area contributed by atoms with Crippen molar-refractivity contribution in [3.05, 3.63) is 23.3 Å². The number of oxime groups is 1. The van der Waals surface area contributed by atoms with Crippen LogP contribution in [-0.2, 0) is 15.1 Å². The maximum Gasteiger partial charge on any atom is 0.380 e. The second-order valence-corrected chi connectivity index (χ2v) is 10.1. The van der Waals surface area contributed by atoms with Gasteiger partial charge in [0.05, 0.1) is 12.8 Å². The number of nitrogens with two attached hydrogens (primary N) is 1. The minimum absolute atomic E-state index is 0.0809. The van der Waals surface area contributed by atoms with Gasteiger partial charge in [-0.05, 0) is 73.0 Å². The minimum atomic E-state index is -4.17. The lowest BCUT2D eigenvalue weighted by Gasteiger charge is -2.55. The zero-order chi connectivity index (χ0) is 21.5. The highest BCUT2D eigenvalue weighted by Gasteiger charge is 2.51. The number of hydrogen-bond donors (Lipinski definition) is 1. The monoisotopic (exact) mass is 436 g/mol. The molecule has 1 aromatic rings. The van der Waals surface area contributed by atoms with Crippen molar-refractivity contribution in [2.45, 2.75) is 64.2 Å². The van der Waals surface area contributed by atoms with Gasteiger partial charge in [-0.3, -0.25) is 0 Å². The molecule has 2 N–H and O–H groups in total. The number of methoxy groups -OCH3 is 1. The largest absolute Gasteiger partial charge is 0.493 e. The van der Waals surface area contributed by atoms with E-state index in [-0.39, 0.29) is 5.75 Å². The zero-order valence-corrected chi connectivity index (χ0v) is 18.8. The summed E-state index contributed by atoms with van der Waals surface area (Å²) >= 11 is 0. The number of benzene rings is 1. The van der Waals surface area contributed by atoms with Crippen LogP contribution in [0.4, 0.5) is 0 Å². The minimum Gasteiger partial charge on any atom is -0.493 e. The molecule has 0 unspecified atom stereocenters. The average molecular weight is 437 g/mol. The molecule has 30 heavy (non-hydrogen) atoms. The third-order valence-electron chi connectivity index (χ3n) is 7.80. The Labute approximate surface area is 179 Å². The normalized spacial score (nSPS) is 32.0. The van der Waals surface area contributed by atoms with Crippen molar-refractivity contribution >= 4 is 16.0 Å². The van der Waals surface area contributed by atoms with Gasteiger partial charge in [-0.25, -0.2) is 0 Å². The average Bonchev–Trinajstić information content (AvgIpc) is 2.72. The fourth-order valence-electron chi connectivity index (χ4n) is 6.55. The van der Waals surface area contributed by atoms with E-state index < -0.39 is 10.3 Å². The molecule has 3 aliphatic carbocycles. The van der Waals surface area contributed by atoms with E-state index in [9.17, 15) is 8.42 Å². The molecule has 4 atom stereocenters. The second-order valence-electron chi connectivity index (χ2n) is 8.97. The van der Waals surface area contributed by atoms with Crippen molar-refractivity contribution in [2.24, 2.45) is 27.5 Å². The smallest absolute Gasteiger partial charge is 0.380 e. The lowest BCUT2D eigenvalue weighted by atomic mass is 9.49. The van der Waals surface area contributed by atoms with Crippen LogP contribution in [0, 0.1) is 17.3 Å². The Kier molecular flexibility index (Phi) is 5.74. The first kappa shape index (κ1) is 21.4. The molecule has 7 nitrogen and oxygen atoms in total. The number of fused-ring (bicyclic) bond motifs is 5. The summed E-state index contributed by atoms with van der Waals surface area (Å²) in [5.41, 5.74) is 3.30. The van der Waals surface area contributed by atoms with E-state index in [1.54, 1.807) is 13.2 Å². The highest BCUT2D eigenvalue weighted by molar-refractivity contribution is 7.84. The first-order valence-corrected chi connectivity index (χ1v) is 12.3. The van der Waals surface area contributed by atoms with Gasteiger partial charge in [-0.1, -0.05) is 31.3 Å². The van der Waals surface area contributed by atoms with E-state index >= 15 is 0 Å². The van der Waals surface area contributed by atoms with Crippen LogP contribution >= 0.6 is 0 Å². The Morgan fingerprint density at radius 2 is 1.97 bits per heavy atom. The number of ether oxygens (including phenoxy) is 1. The van der Waals surface area contributed by atoms with Crippen molar-refractivity contribution in [1.82, 2.24) is 0 Å². The van der Waals surface area contributed by atoms with Crippen LogP contribution in [0.1, 0.15) is 75.3 Å². The molecule has 8 heteroatoms. The molecule has 2 fully saturated rings. The van der Waals surface area contributed by atoms with Gasteiger partial charge in [0.25, 0.3) is 0 Å². The van der Waals surface area contributed by atoms with Crippen LogP contribution in [0.3, 0.4) is 0 Å². The van der Waals surface area contributed by atoms with Crippen molar-refractivity contribution in [3.63, 3.8) is 0 Å². The summed E-state index contributed by atoms with van der Waals surface area (Å²) in [6.45, 7) is 2.35. The third kappa shape index (κ3) is 3.68. The first-order chi connectivity index (χ1) is 14.3. The van der Waals surface area contributed by atoms with Gasteiger partial charge in [0.1, 0.15) is 7.11 Å². The summed E-state index contributed by atoms with van der Waals surface area (Å²) in [6.07, 6.45) is 9.65. The molecule has 0 aliphatic heterocycles. The van der Waals surface area contributed by atoms with Gasteiger partial charge in [0.2, 0.25) is 0 Å². The molecular formula is C22H32N2O5S. The van der Waals surface area contributed by atoms with Gasteiger partial charge >= 0.3 is 10.3 Å². The summed E-state index contributed by atoms with van der Waals surface area (Å²) in [6, 6.07) is 3.61. The summed E-state index contributed by atoms with van der Waals surface area (Å²) in [5.74, 6) is 2.04. The first-order valence-electron chi connectivity index (χ1n) is 10.9. The third-order valence-corrected chi connectivity index (χ3v) is 8.21. The predicted octanol–water partition coefficient (Wildman–Crippen LogP) is 4.11. The molecule has 0 amide bonds. The summed E-state index contributed by atoms with van der Waals surface area (Å²) < 4.78 is 33.6. The van der Waals surface area contributed by atoms with Gasteiger partial charge in [-0.15, -0.1) is 0 Å². The van der Waals surface area contributed by atoms with Gasteiger partial charge < -0.3 is 13.8 Å². The molecule has 3 aliphatic rings. The molecule has 0 bridgehead atoms. The molecule has 0 spiro atoms. The fraction of sp³-hybridized carbons (Fsp3) is 0.682. The van der Waals surface area contributed by atoms with Crippen LogP contribution in [0.25, 0.3) is 0 Å². The van der Waals surface area contributed by atoms with Gasteiger partial charge in [-0.2, -0.15) is 13.6 Å². The Balaban J connectivity index is 1.82. The Morgan fingerprint density at radius 1 is 1.17 bits per heavy atom. The van der Waals surface area contributed by atoms with Crippen LogP contribution in [0.2, 0.25) is 0 Å². The van der Waals surface area contributed by atoms with E-state index in [1.807, 2.05) is 6.07 Å². The molecule has 0 saturated heterocycles. The van der Waals surface area contributed by atoms with E-state index in [4.69, 9.17) is 18.9 Å². The topological polar surface area (TPSA) is 100 Å². The van der Waals surface area contributed by atoms with E-state index in [2.05, 4.69) is 12.1 Å². The lowest BCUT2D eigenvalue weighted by molar-refractivity contribution is -0.0143. The zero-order valence-electron chi connectivity index (χ0n) is 18.0. The van der Waals surface area contributed by atoms with Gasteiger partial charge in [0.15, 0.2) is 11.5 Å². The highest BCUT2D eigenvalue weighted by Crippen LogP contribution is 2.61. The molecule has 4 rings (SSSR count). The number of rotatable bonds is 5. The Hall–Kier alpha value is -1.80. The van der Waals surface area contributed by atoms with Crippen LogP contribution in [0.5, 0.6) is 11.5 Å². The van der Waals surface area contributed by atoms with Crippen LogP contribution < -0.4 is 14.1 Å². The van der Waals surface area contributed by atoms with Crippen molar-refractivity contribution in [1.29, 1.82) is 0 Å². The molecular weight excluding hydrogens is 404 g/mol. The van der Waals surface area contributed by atoms with E-state index in [0.29, 0.717) is 28.9 Å². The summed E-state index contributed by atoms with van der Waals surface area (Å²) in [4.78, 5) is 5.18. The molecule has 0 aromatic heterocycles. The molecule has 0 heterocycles. The summed E-state index contributed by atoms with van der Waals surface area (Å²) in [7, 11) is -1.12. The lowest BCUT2D eigenvalue weighted by Crippen LogP contribution is -2.46. The van der Waals surface area contributed by atoms with Crippen molar-refractivity contribution in [2.75, 3.05) is 14.2 Å². The predicted molar refractivity (Wildman–Crippen MR) is 115 cm³/mol. The fourth-order valence-corrected chi connectivity index (χ4v) is 6.93. The Bertz CT molecular complexity index is 945. The van der Waals surface area contributed by atoms with Gasteiger partial charge in [0, 0.05) is 5.56 Å². The maximum absolute atomic E-state index is 11.5. The SMILES string of the molecule is CC[C@@]12CCCC[C@H]1[C@@H]1C/C(=N\OC)c3cc(OS(N)(=O)=O)c(OC)cc3[C@H]1CC2. The molecule has 0 radical (unpaired) electrons. The van der Waals surface area contributed by atoms with Crippen molar-refractivity contribution < 1.29 is 22.2 Å². The van der Waals surface area contributed by atoms with E-state index in [1.165, 1.54) is 45.6 Å². The Morgan fingerprint density at radius 3 is 2.63 bits per heavy atom. The quantitative estimate of drug-likeness (QED) is 0.700. The maximum atomic E-state index is 11.5. The van der Waals surface area contributed by atoms with Crippen molar-refractivity contribution in [3.8, 4) is 11.5 Å². The van der Waals surface area contributed by atoms with Crippen LogP contribution in [0.15, 0.2) is 17.3 Å².